The molecule has 1 aromatic heterocycles. The van der Waals surface area contributed by atoms with Crippen LogP contribution in [0.15, 0.2) is 12.3 Å². The fourth-order valence-corrected chi connectivity index (χ4v) is 2.10. The third kappa shape index (κ3) is 2.92. The first-order chi connectivity index (χ1) is 8.31. The molecule has 0 unspecified atom stereocenters. The van der Waals surface area contributed by atoms with Gasteiger partial charge in [0.1, 0.15) is 6.07 Å². The van der Waals surface area contributed by atoms with Crippen molar-refractivity contribution in [3.8, 4) is 6.07 Å². The second-order valence-electron chi connectivity index (χ2n) is 4.32. The highest BCUT2D eigenvalue weighted by molar-refractivity contribution is 5.51. The lowest BCUT2D eigenvalue weighted by Gasteiger charge is -2.27. The maximum absolute atomic E-state index is 9.01. The molecule has 0 spiro atoms. The smallest absolute Gasteiger partial charge is 0.168 e. The Bertz CT molecular complexity index is 409. The van der Waals surface area contributed by atoms with E-state index in [1.165, 1.54) is 0 Å². The molecule has 1 aromatic rings. The van der Waals surface area contributed by atoms with Gasteiger partial charge in [0.15, 0.2) is 5.82 Å². The van der Waals surface area contributed by atoms with Crippen LogP contribution >= 0.6 is 0 Å². The number of rotatable bonds is 3. The summed E-state index contributed by atoms with van der Waals surface area (Å²) in [4.78, 5) is 2.02. The average molecular weight is 232 g/mol. The summed E-state index contributed by atoms with van der Waals surface area (Å²) in [6.45, 7) is 2.57. The van der Waals surface area contributed by atoms with Crippen LogP contribution in [0, 0.1) is 17.2 Å². The van der Waals surface area contributed by atoms with Crippen molar-refractivity contribution in [3.05, 3.63) is 17.8 Å². The van der Waals surface area contributed by atoms with Crippen molar-refractivity contribution in [1.29, 1.82) is 5.26 Å². The van der Waals surface area contributed by atoms with Crippen molar-refractivity contribution in [1.82, 2.24) is 10.2 Å². The lowest BCUT2D eigenvalue weighted by Crippen LogP contribution is -2.30. The summed E-state index contributed by atoms with van der Waals surface area (Å²) in [7, 11) is 1.96. The standard InChI is InChI=1S/C12H16N4O/c1-16(9-10-3-6-17-7-4-10)12-11(8-13)2-5-14-15-12/h2,5,10H,3-4,6-7,9H2,1H3. The van der Waals surface area contributed by atoms with Gasteiger partial charge in [0.2, 0.25) is 0 Å². The zero-order valence-electron chi connectivity index (χ0n) is 9.96. The molecule has 2 heterocycles. The van der Waals surface area contributed by atoms with Gasteiger partial charge in [-0.15, -0.1) is 5.10 Å². The van der Waals surface area contributed by atoms with Gasteiger partial charge in [0, 0.05) is 26.8 Å². The molecule has 0 saturated carbocycles. The number of aromatic nitrogens is 2. The van der Waals surface area contributed by atoms with E-state index in [1.807, 2.05) is 11.9 Å². The van der Waals surface area contributed by atoms with Gasteiger partial charge in [-0.2, -0.15) is 10.4 Å². The summed E-state index contributed by atoms with van der Waals surface area (Å²) in [6.07, 6.45) is 3.70. The van der Waals surface area contributed by atoms with Gasteiger partial charge in [-0.1, -0.05) is 0 Å². The van der Waals surface area contributed by atoms with Crippen LogP contribution in [-0.2, 0) is 4.74 Å². The van der Waals surface area contributed by atoms with Crippen molar-refractivity contribution in [2.75, 3.05) is 31.7 Å². The molecule has 1 saturated heterocycles. The van der Waals surface area contributed by atoms with Gasteiger partial charge in [-0.25, -0.2) is 0 Å². The largest absolute Gasteiger partial charge is 0.381 e. The summed E-state index contributed by atoms with van der Waals surface area (Å²) in [5, 5.41) is 16.9. The van der Waals surface area contributed by atoms with Crippen LogP contribution in [0.5, 0.6) is 0 Å². The predicted molar refractivity (Wildman–Crippen MR) is 63.6 cm³/mol. The molecule has 0 aliphatic carbocycles. The van der Waals surface area contributed by atoms with E-state index in [1.54, 1.807) is 12.3 Å². The van der Waals surface area contributed by atoms with E-state index in [9.17, 15) is 0 Å². The quantitative estimate of drug-likeness (QED) is 0.784. The fraction of sp³-hybridized carbons (Fsp3) is 0.583. The van der Waals surface area contributed by atoms with Crippen molar-refractivity contribution in [2.45, 2.75) is 12.8 Å². The first-order valence-electron chi connectivity index (χ1n) is 5.82. The molecule has 0 aromatic carbocycles. The molecule has 5 heteroatoms. The Balaban J connectivity index is 2.03. The molecule has 2 rings (SSSR count). The van der Waals surface area contributed by atoms with Crippen molar-refractivity contribution >= 4 is 5.82 Å². The molecular formula is C12H16N4O. The van der Waals surface area contributed by atoms with E-state index in [0.29, 0.717) is 17.3 Å². The van der Waals surface area contributed by atoms with E-state index >= 15 is 0 Å². The molecule has 17 heavy (non-hydrogen) atoms. The van der Waals surface area contributed by atoms with Gasteiger partial charge in [0.25, 0.3) is 0 Å². The van der Waals surface area contributed by atoms with E-state index in [0.717, 1.165) is 32.6 Å². The van der Waals surface area contributed by atoms with Gasteiger partial charge < -0.3 is 9.64 Å². The van der Waals surface area contributed by atoms with Crippen LogP contribution in [0.3, 0.4) is 0 Å². The Morgan fingerprint density at radius 2 is 2.29 bits per heavy atom. The van der Waals surface area contributed by atoms with E-state index in [-0.39, 0.29) is 0 Å². The Labute approximate surface area is 101 Å². The van der Waals surface area contributed by atoms with Crippen LogP contribution in [-0.4, -0.2) is 37.0 Å². The minimum absolute atomic E-state index is 0.578. The zero-order chi connectivity index (χ0) is 12.1. The van der Waals surface area contributed by atoms with Crippen LogP contribution in [0.4, 0.5) is 5.82 Å². The SMILES string of the molecule is CN(CC1CCOCC1)c1nnccc1C#N. The number of ether oxygens (including phenoxy) is 1. The molecule has 5 nitrogen and oxygen atoms in total. The number of nitriles is 1. The predicted octanol–water partition coefficient (Wildman–Crippen LogP) is 1.21. The highest BCUT2D eigenvalue weighted by Gasteiger charge is 2.18. The Morgan fingerprint density at radius 1 is 1.53 bits per heavy atom. The van der Waals surface area contributed by atoms with Gasteiger partial charge in [-0.3, -0.25) is 0 Å². The van der Waals surface area contributed by atoms with Crippen molar-refractivity contribution < 1.29 is 4.74 Å². The molecular weight excluding hydrogens is 216 g/mol. The molecule has 90 valence electrons. The second-order valence-corrected chi connectivity index (χ2v) is 4.32. The lowest BCUT2D eigenvalue weighted by atomic mass is 10.00. The highest BCUT2D eigenvalue weighted by Crippen LogP contribution is 2.20. The first kappa shape index (κ1) is 11.8. The van der Waals surface area contributed by atoms with Crippen LogP contribution in [0.2, 0.25) is 0 Å². The Hall–Kier alpha value is -1.67. The third-order valence-corrected chi connectivity index (χ3v) is 3.06. The average Bonchev–Trinajstić information content (AvgIpc) is 2.40. The number of hydrogen-bond donors (Lipinski definition) is 0. The van der Waals surface area contributed by atoms with E-state index in [4.69, 9.17) is 10.00 Å². The maximum atomic E-state index is 9.01. The van der Waals surface area contributed by atoms with Crippen LogP contribution < -0.4 is 4.90 Å². The summed E-state index contributed by atoms with van der Waals surface area (Å²) in [5.74, 6) is 1.28. The summed E-state index contributed by atoms with van der Waals surface area (Å²) >= 11 is 0. The summed E-state index contributed by atoms with van der Waals surface area (Å²) < 4.78 is 5.33. The minimum atomic E-state index is 0.578. The Kier molecular flexibility index (Phi) is 3.89. The minimum Gasteiger partial charge on any atom is -0.381 e. The van der Waals surface area contributed by atoms with Gasteiger partial charge in [0.05, 0.1) is 11.8 Å². The van der Waals surface area contributed by atoms with E-state index < -0.39 is 0 Å². The van der Waals surface area contributed by atoms with Gasteiger partial charge in [-0.05, 0) is 24.8 Å². The van der Waals surface area contributed by atoms with Crippen molar-refractivity contribution in [3.63, 3.8) is 0 Å². The topological polar surface area (TPSA) is 62.0 Å². The highest BCUT2D eigenvalue weighted by atomic mass is 16.5. The van der Waals surface area contributed by atoms with Crippen molar-refractivity contribution in [2.24, 2.45) is 5.92 Å². The lowest BCUT2D eigenvalue weighted by molar-refractivity contribution is 0.0685. The molecule has 0 atom stereocenters. The van der Waals surface area contributed by atoms with E-state index in [2.05, 4.69) is 16.3 Å². The molecule has 1 aliphatic heterocycles. The molecule has 0 radical (unpaired) electrons. The molecule has 1 aliphatic rings. The second kappa shape index (κ2) is 5.60. The van der Waals surface area contributed by atoms with Crippen LogP contribution in [0.25, 0.3) is 0 Å². The number of hydrogen-bond acceptors (Lipinski definition) is 5. The number of anilines is 1. The fourth-order valence-electron chi connectivity index (χ4n) is 2.10. The summed E-state index contributed by atoms with van der Waals surface area (Å²) in [5.41, 5.74) is 0.578. The number of nitrogens with zero attached hydrogens (tertiary/aromatic N) is 4. The first-order valence-corrected chi connectivity index (χ1v) is 5.82. The summed E-state index contributed by atoms with van der Waals surface area (Å²) in [6, 6.07) is 3.84. The normalized spacial score (nSPS) is 16.5. The molecule has 1 fully saturated rings. The zero-order valence-corrected chi connectivity index (χ0v) is 9.96. The molecule has 0 amide bonds. The van der Waals surface area contributed by atoms with Gasteiger partial charge >= 0.3 is 0 Å². The molecule has 0 bridgehead atoms. The maximum Gasteiger partial charge on any atom is 0.168 e. The third-order valence-electron chi connectivity index (χ3n) is 3.06. The monoisotopic (exact) mass is 232 g/mol. The van der Waals surface area contributed by atoms with Crippen LogP contribution in [0.1, 0.15) is 18.4 Å². The molecule has 0 N–H and O–H groups in total. The Morgan fingerprint density at radius 3 is 3.00 bits per heavy atom.